The number of anilines is 1. The predicted octanol–water partition coefficient (Wildman–Crippen LogP) is 3.33. The molecule has 2 N–H and O–H groups in total. The number of nitrogens with zero attached hydrogens (tertiary/aromatic N) is 2. The lowest BCUT2D eigenvalue weighted by Crippen LogP contribution is -2.35. The zero-order valence-electron chi connectivity index (χ0n) is 15.0. The van der Waals surface area contributed by atoms with Crippen LogP contribution in [0.5, 0.6) is 0 Å². The van der Waals surface area contributed by atoms with Crippen LogP contribution in [0.15, 0.2) is 39.3 Å². The number of aryl methyl sites for hydroxylation is 2. The van der Waals surface area contributed by atoms with Crippen molar-refractivity contribution in [3.8, 4) is 17.4 Å². The first-order valence-corrected chi connectivity index (χ1v) is 8.57. The molecule has 0 saturated heterocycles. The maximum atomic E-state index is 12.1. The molecule has 9 heteroatoms. The Balaban J connectivity index is 1.63. The van der Waals surface area contributed by atoms with Gasteiger partial charge in [-0.15, -0.1) is 0 Å². The second-order valence-corrected chi connectivity index (χ2v) is 6.34. The molecule has 142 valence electrons. The van der Waals surface area contributed by atoms with Crippen molar-refractivity contribution >= 4 is 29.1 Å². The van der Waals surface area contributed by atoms with Crippen molar-refractivity contribution in [3.05, 3.63) is 58.1 Å². The van der Waals surface area contributed by atoms with E-state index in [0.29, 0.717) is 28.0 Å². The minimum absolute atomic E-state index is 0.0102. The molecule has 0 aliphatic heterocycles. The van der Waals surface area contributed by atoms with E-state index in [1.807, 2.05) is 6.07 Å². The van der Waals surface area contributed by atoms with E-state index in [0.717, 1.165) is 5.56 Å². The molecule has 0 unspecified atom stereocenters. The van der Waals surface area contributed by atoms with E-state index in [9.17, 15) is 9.59 Å². The molecule has 0 aliphatic carbocycles. The van der Waals surface area contributed by atoms with Crippen molar-refractivity contribution in [2.75, 3.05) is 5.32 Å². The largest absolute Gasteiger partial charge is 0.459 e. The number of hydrogen-bond donors (Lipinski definition) is 2. The zero-order chi connectivity index (χ0) is 20.3. The molecule has 0 atom stereocenters. The second kappa shape index (κ2) is 7.98. The van der Waals surface area contributed by atoms with E-state index in [-0.39, 0.29) is 17.8 Å². The van der Waals surface area contributed by atoms with Crippen LogP contribution in [0.3, 0.4) is 0 Å². The number of furan rings is 1. The smallest absolute Gasteiger partial charge is 0.313 e. The molecule has 0 spiro atoms. The summed E-state index contributed by atoms with van der Waals surface area (Å²) in [6, 6.07) is 9.70. The second-order valence-electron chi connectivity index (χ2n) is 5.90. The Bertz CT molecular complexity index is 1070. The highest BCUT2D eigenvalue weighted by Gasteiger charge is 2.18. The Kier molecular flexibility index (Phi) is 5.47. The topological polar surface area (TPSA) is 121 Å². The van der Waals surface area contributed by atoms with E-state index in [2.05, 4.69) is 15.8 Å². The number of nitrogens with one attached hydrogen (secondary N) is 2. The lowest BCUT2D eigenvalue weighted by Gasteiger charge is -2.07. The van der Waals surface area contributed by atoms with Gasteiger partial charge in [0.2, 0.25) is 0 Å². The van der Waals surface area contributed by atoms with Gasteiger partial charge in [-0.05, 0) is 44.2 Å². The van der Waals surface area contributed by atoms with Crippen LogP contribution in [-0.4, -0.2) is 17.0 Å². The van der Waals surface area contributed by atoms with Crippen molar-refractivity contribution in [3.63, 3.8) is 0 Å². The first-order valence-electron chi connectivity index (χ1n) is 8.20. The number of benzene rings is 1. The van der Waals surface area contributed by atoms with Crippen molar-refractivity contribution in [2.24, 2.45) is 0 Å². The molecule has 28 heavy (non-hydrogen) atoms. The number of nitriles is 1. The number of halogens is 1. The quantitative estimate of drug-likeness (QED) is 0.650. The lowest BCUT2D eigenvalue weighted by atomic mass is 10.1. The van der Waals surface area contributed by atoms with Gasteiger partial charge >= 0.3 is 11.8 Å². The highest BCUT2D eigenvalue weighted by Crippen LogP contribution is 2.28. The molecule has 2 heterocycles. The summed E-state index contributed by atoms with van der Waals surface area (Å²) in [5.41, 5.74) is 1.80. The van der Waals surface area contributed by atoms with Crippen LogP contribution >= 0.6 is 11.6 Å². The van der Waals surface area contributed by atoms with Crippen LogP contribution in [0.1, 0.15) is 22.8 Å². The summed E-state index contributed by atoms with van der Waals surface area (Å²) >= 11 is 5.86. The van der Waals surface area contributed by atoms with E-state index in [1.165, 1.54) is 18.2 Å². The van der Waals surface area contributed by atoms with Gasteiger partial charge < -0.3 is 19.6 Å². The first kappa shape index (κ1) is 19.2. The average molecular weight is 399 g/mol. The van der Waals surface area contributed by atoms with Crippen LogP contribution in [-0.2, 0) is 16.1 Å². The van der Waals surface area contributed by atoms with Crippen molar-refractivity contribution in [1.29, 1.82) is 5.26 Å². The monoisotopic (exact) mass is 398 g/mol. The fourth-order valence-corrected chi connectivity index (χ4v) is 2.76. The van der Waals surface area contributed by atoms with Gasteiger partial charge in [0.15, 0.2) is 0 Å². The Morgan fingerprint density at radius 1 is 1.21 bits per heavy atom. The molecule has 0 fully saturated rings. The molecule has 2 amide bonds. The normalized spacial score (nSPS) is 10.4. The molecule has 0 bridgehead atoms. The third-order valence-corrected chi connectivity index (χ3v) is 4.16. The maximum Gasteiger partial charge on any atom is 0.313 e. The highest BCUT2D eigenvalue weighted by atomic mass is 35.5. The molecule has 0 aliphatic rings. The van der Waals surface area contributed by atoms with Gasteiger partial charge in [0.1, 0.15) is 23.3 Å². The van der Waals surface area contributed by atoms with Crippen LogP contribution in [0, 0.1) is 25.2 Å². The third-order valence-electron chi connectivity index (χ3n) is 3.92. The van der Waals surface area contributed by atoms with Gasteiger partial charge in [-0.1, -0.05) is 16.8 Å². The van der Waals surface area contributed by atoms with Crippen molar-refractivity contribution in [2.45, 2.75) is 20.4 Å². The van der Waals surface area contributed by atoms with E-state index < -0.39 is 11.8 Å². The molecule has 1 aromatic carbocycles. The minimum Gasteiger partial charge on any atom is -0.459 e. The predicted molar refractivity (Wildman–Crippen MR) is 100 cm³/mol. The summed E-state index contributed by atoms with van der Waals surface area (Å²) in [5, 5.41) is 18.1. The average Bonchev–Trinajstić information content (AvgIpc) is 3.25. The Morgan fingerprint density at radius 2 is 2.00 bits per heavy atom. The fraction of sp³-hybridized carbons (Fsp3) is 0.158. The van der Waals surface area contributed by atoms with Crippen molar-refractivity contribution < 1.29 is 18.5 Å². The van der Waals surface area contributed by atoms with Crippen LogP contribution in [0.25, 0.3) is 11.3 Å². The van der Waals surface area contributed by atoms with E-state index in [4.69, 9.17) is 25.8 Å². The van der Waals surface area contributed by atoms with Gasteiger partial charge in [0.05, 0.1) is 29.1 Å². The number of carbonyl (C=O) groups excluding carboxylic acids is 2. The number of amides is 2. The Hall–Kier alpha value is -3.57. The van der Waals surface area contributed by atoms with Gasteiger partial charge in [-0.3, -0.25) is 9.59 Å². The summed E-state index contributed by atoms with van der Waals surface area (Å²) in [5.74, 6) is -0.161. The third kappa shape index (κ3) is 4.05. The fourth-order valence-electron chi connectivity index (χ4n) is 2.59. The summed E-state index contributed by atoms with van der Waals surface area (Å²) in [6.07, 6.45) is 0. The van der Waals surface area contributed by atoms with Gasteiger partial charge in [0.25, 0.3) is 0 Å². The molecule has 3 rings (SSSR count). The molecule has 3 aromatic rings. The SMILES string of the molecule is Cc1noc(C)c1-c1ccc(CNC(=O)C(=O)Nc2cc(Cl)ccc2C#N)o1. The van der Waals surface area contributed by atoms with Gasteiger partial charge in [-0.2, -0.15) is 5.26 Å². The van der Waals surface area contributed by atoms with E-state index >= 15 is 0 Å². The van der Waals surface area contributed by atoms with Crippen molar-refractivity contribution in [1.82, 2.24) is 10.5 Å². The van der Waals surface area contributed by atoms with Gasteiger partial charge in [0, 0.05) is 5.02 Å². The van der Waals surface area contributed by atoms with Crippen LogP contribution < -0.4 is 10.6 Å². The lowest BCUT2D eigenvalue weighted by molar-refractivity contribution is -0.136. The van der Waals surface area contributed by atoms with Gasteiger partial charge in [-0.25, -0.2) is 0 Å². The minimum atomic E-state index is -0.920. The molecule has 2 aromatic heterocycles. The van der Waals surface area contributed by atoms with Crippen LogP contribution in [0.4, 0.5) is 5.69 Å². The molecule has 8 nitrogen and oxygen atoms in total. The first-order chi connectivity index (χ1) is 13.4. The molecule has 0 radical (unpaired) electrons. The summed E-state index contributed by atoms with van der Waals surface area (Å²) in [4.78, 5) is 24.1. The summed E-state index contributed by atoms with van der Waals surface area (Å²) in [6.45, 7) is 3.58. The Labute approximate surface area is 165 Å². The number of carbonyl (C=O) groups is 2. The molecular formula is C19H15ClN4O4. The zero-order valence-corrected chi connectivity index (χ0v) is 15.8. The maximum absolute atomic E-state index is 12.1. The number of aromatic nitrogens is 1. The Morgan fingerprint density at radius 3 is 2.68 bits per heavy atom. The number of hydrogen-bond acceptors (Lipinski definition) is 6. The summed E-state index contributed by atoms with van der Waals surface area (Å²) < 4.78 is 10.8. The van der Waals surface area contributed by atoms with E-state index in [1.54, 1.807) is 26.0 Å². The highest BCUT2D eigenvalue weighted by molar-refractivity contribution is 6.40. The molecule has 0 saturated carbocycles. The number of rotatable bonds is 4. The standard InChI is InChI=1S/C19H15ClN4O4/c1-10-17(11(2)28-24-10)16-6-5-14(27-16)9-22-18(25)19(26)23-15-7-13(20)4-3-12(15)8-21/h3-7H,9H2,1-2H3,(H,22,25)(H,23,26). The molecular weight excluding hydrogens is 384 g/mol. The summed E-state index contributed by atoms with van der Waals surface area (Å²) in [7, 11) is 0. The van der Waals surface area contributed by atoms with Crippen LogP contribution in [0.2, 0.25) is 5.02 Å².